The normalized spacial score (nSPS) is 15.6. The van der Waals surface area contributed by atoms with Crippen molar-refractivity contribution in [3.8, 4) is 6.07 Å². The summed E-state index contributed by atoms with van der Waals surface area (Å²) in [7, 11) is 0. The lowest BCUT2D eigenvalue weighted by Crippen LogP contribution is -2.24. The van der Waals surface area contributed by atoms with Crippen LogP contribution in [0.4, 0.5) is 4.79 Å². The fourth-order valence-electron chi connectivity index (χ4n) is 1.13. The maximum atomic E-state index is 11.1. The van der Waals surface area contributed by atoms with Gasteiger partial charge in [0.05, 0.1) is 6.21 Å². The summed E-state index contributed by atoms with van der Waals surface area (Å²) in [6, 6.07) is 4.26. The first-order valence-corrected chi connectivity index (χ1v) is 4.34. The third kappa shape index (κ3) is 1.90. The Morgan fingerprint density at radius 2 is 2.38 bits per heavy atom. The molecule has 0 atom stereocenters. The summed E-state index contributed by atoms with van der Waals surface area (Å²) < 4.78 is 5.00. The molecule has 0 saturated carbocycles. The number of furan rings is 1. The van der Waals surface area contributed by atoms with Crippen LogP contribution in [0.5, 0.6) is 0 Å². The first-order valence-electron chi connectivity index (χ1n) is 4.34. The van der Waals surface area contributed by atoms with E-state index in [1.807, 2.05) is 6.07 Å². The van der Waals surface area contributed by atoms with Gasteiger partial charge in [0.1, 0.15) is 18.4 Å². The lowest BCUT2D eigenvalue weighted by molar-refractivity contribution is -0.118. The van der Waals surface area contributed by atoms with Gasteiger partial charge < -0.3 is 4.42 Å². The van der Waals surface area contributed by atoms with Gasteiger partial charge in [-0.1, -0.05) is 0 Å². The van der Waals surface area contributed by atoms with Gasteiger partial charge >= 0.3 is 6.03 Å². The van der Waals surface area contributed by atoms with Crippen molar-refractivity contribution < 1.29 is 14.0 Å². The molecule has 7 nitrogen and oxygen atoms in total. The Hall–Kier alpha value is -2.62. The van der Waals surface area contributed by atoms with Crippen molar-refractivity contribution in [1.29, 1.82) is 5.26 Å². The highest BCUT2D eigenvalue weighted by atomic mass is 16.3. The van der Waals surface area contributed by atoms with Crippen LogP contribution in [-0.4, -0.2) is 29.7 Å². The average Bonchev–Trinajstić information content (AvgIpc) is 2.82. The topological polar surface area (TPSA) is 98.7 Å². The molecule has 1 aromatic heterocycles. The Morgan fingerprint density at radius 3 is 2.94 bits per heavy atom. The molecule has 1 N–H and O–H groups in total. The predicted molar refractivity (Wildman–Crippen MR) is 51.3 cm³/mol. The lowest BCUT2D eigenvalue weighted by atomic mass is 10.4. The van der Waals surface area contributed by atoms with Crippen LogP contribution in [0, 0.1) is 11.3 Å². The summed E-state index contributed by atoms with van der Waals surface area (Å²) >= 11 is 0. The largest absolute Gasteiger partial charge is 0.445 e. The molecule has 7 heteroatoms. The van der Waals surface area contributed by atoms with Crippen LogP contribution >= 0.6 is 0 Å². The number of hydrogen-bond acceptors (Lipinski definition) is 5. The number of carbonyl (C=O) groups is 2. The fourth-order valence-corrected chi connectivity index (χ4v) is 1.13. The van der Waals surface area contributed by atoms with E-state index in [2.05, 4.69) is 10.4 Å². The van der Waals surface area contributed by atoms with Crippen molar-refractivity contribution in [3.63, 3.8) is 0 Å². The lowest BCUT2D eigenvalue weighted by Gasteiger charge is -2.02. The van der Waals surface area contributed by atoms with Crippen molar-refractivity contribution in [3.05, 3.63) is 23.7 Å². The van der Waals surface area contributed by atoms with Gasteiger partial charge in [-0.3, -0.25) is 10.1 Å². The predicted octanol–water partition coefficient (Wildman–Crippen LogP) is 0.0370. The van der Waals surface area contributed by atoms with Crippen molar-refractivity contribution >= 4 is 18.2 Å². The highest BCUT2D eigenvalue weighted by Crippen LogP contribution is 2.05. The van der Waals surface area contributed by atoms with Crippen molar-refractivity contribution in [1.82, 2.24) is 10.3 Å². The van der Waals surface area contributed by atoms with Gasteiger partial charge in [-0.25, -0.2) is 9.80 Å². The summed E-state index contributed by atoms with van der Waals surface area (Å²) in [6.07, 6.45) is 1.26. The molecule has 0 aliphatic carbocycles. The maximum Gasteiger partial charge on any atom is 0.344 e. The molecule has 0 unspecified atom stereocenters. The zero-order chi connectivity index (χ0) is 11.5. The summed E-state index contributed by atoms with van der Waals surface area (Å²) in [5.41, 5.74) is 0. The average molecular weight is 218 g/mol. The van der Waals surface area contributed by atoms with E-state index in [9.17, 15) is 9.59 Å². The minimum Gasteiger partial charge on any atom is -0.445 e. The minimum atomic E-state index is -0.576. The van der Waals surface area contributed by atoms with E-state index in [1.54, 1.807) is 0 Å². The second-order valence-corrected chi connectivity index (χ2v) is 2.97. The molecule has 16 heavy (non-hydrogen) atoms. The first kappa shape index (κ1) is 9.92. The Morgan fingerprint density at radius 1 is 1.56 bits per heavy atom. The van der Waals surface area contributed by atoms with E-state index in [4.69, 9.17) is 9.68 Å². The first-order chi connectivity index (χ1) is 7.69. The quantitative estimate of drug-likeness (QED) is 0.559. The molecule has 1 aliphatic rings. The number of nitrogens with one attached hydrogen (secondary N) is 1. The Bertz CT molecular complexity index is 511. The molecule has 2 heterocycles. The standard InChI is InChI=1S/C9H6N4O3/c10-3-6-1-2-7(16-6)4-11-13-5-8(14)12-9(13)15/h1-2,4H,5H2,(H,12,14,15). The van der Waals surface area contributed by atoms with E-state index in [0.717, 1.165) is 5.01 Å². The van der Waals surface area contributed by atoms with Gasteiger partial charge in [0.15, 0.2) is 0 Å². The van der Waals surface area contributed by atoms with Gasteiger partial charge in [0.2, 0.25) is 11.7 Å². The summed E-state index contributed by atoms with van der Waals surface area (Å²) in [5.74, 6) is 0.0893. The number of hydrazone groups is 1. The number of urea groups is 1. The molecule has 1 fully saturated rings. The van der Waals surface area contributed by atoms with Crippen LogP contribution in [0.3, 0.4) is 0 Å². The Labute approximate surface area is 89.9 Å². The van der Waals surface area contributed by atoms with Crippen LogP contribution in [0.2, 0.25) is 0 Å². The molecule has 0 aromatic carbocycles. The molecule has 0 spiro atoms. The third-order valence-corrected chi connectivity index (χ3v) is 1.84. The molecular weight excluding hydrogens is 212 g/mol. The summed E-state index contributed by atoms with van der Waals surface area (Å²) in [4.78, 5) is 21.9. The van der Waals surface area contributed by atoms with E-state index < -0.39 is 11.9 Å². The highest BCUT2D eigenvalue weighted by molar-refractivity contribution is 6.02. The zero-order valence-corrected chi connectivity index (χ0v) is 8.01. The molecule has 80 valence electrons. The van der Waals surface area contributed by atoms with E-state index in [-0.39, 0.29) is 12.3 Å². The number of imide groups is 1. The van der Waals surface area contributed by atoms with Crippen LogP contribution in [0.15, 0.2) is 21.7 Å². The monoisotopic (exact) mass is 218 g/mol. The second kappa shape index (κ2) is 3.86. The number of hydrogen-bond donors (Lipinski definition) is 1. The number of amides is 3. The number of carbonyl (C=O) groups excluding carboxylic acids is 2. The molecule has 1 aromatic rings. The second-order valence-electron chi connectivity index (χ2n) is 2.97. The van der Waals surface area contributed by atoms with Gasteiger partial charge in [-0.05, 0) is 12.1 Å². The Balaban J connectivity index is 2.07. The zero-order valence-electron chi connectivity index (χ0n) is 8.01. The van der Waals surface area contributed by atoms with Gasteiger partial charge in [0.25, 0.3) is 0 Å². The van der Waals surface area contributed by atoms with Gasteiger partial charge in [0, 0.05) is 0 Å². The van der Waals surface area contributed by atoms with Crippen LogP contribution in [0.25, 0.3) is 0 Å². The summed E-state index contributed by atoms with van der Waals surface area (Å²) in [6.45, 7) is -0.110. The van der Waals surface area contributed by atoms with Crippen LogP contribution in [0.1, 0.15) is 11.5 Å². The smallest absolute Gasteiger partial charge is 0.344 e. The van der Waals surface area contributed by atoms with E-state index in [1.165, 1.54) is 18.3 Å². The van der Waals surface area contributed by atoms with Crippen molar-refractivity contribution in [2.45, 2.75) is 0 Å². The van der Waals surface area contributed by atoms with Crippen molar-refractivity contribution in [2.75, 3.05) is 6.54 Å². The van der Waals surface area contributed by atoms with Crippen LogP contribution in [-0.2, 0) is 4.79 Å². The SMILES string of the molecule is N#Cc1ccc(C=NN2CC(=O)NC2=O)o1. The van der Waals surface area contributed by atoms with Gasteiger partial charge in [-0.15, -0.1) is 0 Å². The van der Waals surface area contributed by atoms with Crippen LogP contribution < -0.4 is 5.32 Å². The third-order valence-electron chi connectivity index (χ3n) is 1.84. The molecule has 0 radical (unpaired) electrons. The molecule has 2 rings (SSSR count). The summed E-state index contributed by atoms with van der Waals surface area (Å²) in [5, 5.41) is 15.3. The molecular formula is C9H6N4O3. The Kier molecular flexibility index (Phi) is 2.39. The highest BCUT2D eigenvalue weighted by Gasteiger charge is 2.25. The van der Waals surface area contributed by atoms with E-state index in [0.29, 0.717) is 5.76 Å². The molecule has 1 saturated heterocycles. The molecule has 0 bridgehead atoms. The molecule has 1 aliphatic heterocycles. The minimum absolute atomic E-state index is 0.110. The van der Waals surface area contributed by atoms with Crippen molar-refractivity contribution in [2.24, 2.45) is 5.10 Å². The number of nitrogens with zero attached hydrogens (tertiary/aromatic N) is 3. The maximum absolute atomic E-state index is 11.1. The van der Waals surface area contributed by atoms with Gasteiger partial charge in [-0.2, -0.15) is 10.4 Å². The number of rotatable bonds is 2. The molecule has 3 amide bonds. The van der Waals surface area contributed by atoms with E-state index >= 15 is 0 Å². The fraction of sp³-hybridized carbons (Fsp3) is 0.111. The number of nitriles is 1.